The normalized spacial score (nSPS) is 34.8. The van der Waals surface area contributed by atoms with Crippen molar-refractivity contribution >= 4 is 0 Å². The summed E-state index contributed by atoms with van der Waals surface area (Å²) in [6, 6.07) is 8.53. The van der Waals surface area contributed by atoms with Crippen LogP contribution in [0.3, 0.4) is 0 Å². The monoisotopic (exact) mass is 272 g/mol. The van der Waals surface area contributed by atoms with Crippen LogP contribution < -0.4 is 10.1 Å². The third kappa shape index (κ3) is 1.80. The first-order valence-electron chi connectivity index (χ1n) is 7.84. The highest BCUT2D eigenvalue weighted by Crippen LogP contribution is 2.43. The largest absolute Gasteiger partial charge is 0.493 e. The number of benzene rings is 1. The van der Waals surface area contributed by atoms with Crippen LogP contribution in [-0.2, 0) is 0 Å². The van der Waals surface area contributed by atoms with Gasteiger partial charge in [0.1, 0.15) is 5.75 Å². The third-order valence-electron chi connectivity index (χ3n) is 5.76. The Bertz CT molecular complexity index is 513. The Kier molecular flexibility index (Phi) is 2.83. The standard InChI is InChI=1S/C17H24N2O/c1-17(2)15-8-18-7-12(15)9-19(17)10-13-11-20-16-6-4-3-5-14(13)16/h3-6,12-13,15,18H,7-11H2,1-2H3. The average molecular weight is 272 g/mol. The van der Waals surface area contributed by atoms with Crippen molar-refractivity contribution in [2.24, 2.45) is 11.8 Å². The van der Waals surface area contributed by atoms with Gasteiger partial charge in [-0.25, -0.2) is 0 Å². The van der Waals surface area contributed by atoms with Gasteiger partial charge in [0.05, 0.1) is 6.61 Å². The molecule has 0 spiro atoms. The molecule has 0 bridgehead atoms. The zero-order chi connectivity index (χ0) is 13.7. The molecule has 4 rings (SSSR count). The van der Waals surface area contributed by atoms with E-state index in [0.29, 0.717) is 11.5 Å². The predicted octanol–water partition coefficient (Wildman–Crippen LogP) is 2.09. The maximum atomic E-state index is 5.84. The third-order valence-corrected chi connectivity index (χ3v) is 5.76. The summed E-state index contributed by atoms with van der Waals surface area (Å²) in [5, 5.41) is 3.56. The van der Waals surface area contributed by atoms with Gasteiger partial charge in [0.2, 0.25) is 0 Å². The molecule has 3 nitrogen and oxygen atoms in total. The van der Waals surface area contributed by atoms with Crippen LogP contribution in [0.25, 0.3) is 0 Å². The predicted molar refractivity (Wildman–Crippen MR) is 80.2 cm³/mol. The summed E-state index contributed by atoms with van der Waals surface area (Å²) in [5.41, 5.74) is 1.71. The summed E-state index contributed by atoms with van der Waals surface area (Å²) in [6.45, 7) is 10.5. The fourth-order valence-corrected chi connectivity index (χ4v) is 4.46. The number of likely N-dealkylation sites (tertiary alicyclic amines) is 1. The smallest absolute Gasteiger partial charge is 0.122 e. The Labute approximate surface area is 121 Å². The molecule has 0 saturated carbocycles. The zero-order valence-electron chi connectivity index (χ0n) is 12.4. The van der Waals surface area contributed by atoms with Crippen molar-refractivity contribution in [3.63, 3.8) is 0 Å². The molecule has 3 unspecified atom stereocenters. The summed E-state index contributed by atoms with van der Waals surface area (Å²) >= 11 is 0. The Morgan fingerprint density at radius 2 is 2.15 bits per heavy atom. The molecule has 3 aliphatic heterocycles. The van der Waals surface area contributed by atoms with Crippen molar-refractivity contribution in [1.29, 1.82) is 0 Å². The number of nitrogens with one attached hydrogen (secondary N) is 1. The Hall–Kier alpha value is -1.06. The quantitative estimate of drug-likeness (QED) is 0.892. The van der Waals surface area contributed by atoms with E-state index in [1.807, 2.05) is 0 Å². The number of fused-ring (bicyclic) bond motifs is 2. The number of rotatable bonds is 2. The van der Waals surface area contributed by atoms with E-state index in [9.17, 15) is 0 Å². The summed E-state index contributed by atoms with van der Waals surface area (Å²) < 4.78 is 5.84. The van der Waals surface area contributed by atoms with Crippen LogP contribution in [0.15, 0.2) is 24.3 Å². The molecule has 1 aromatic rings. The van der Waals surface area contributed by atoms with E-state index in [4.69, 9.17) is 4.74 Å². The molecule has 3 heterocycles. The van der Waals surface area contributed by atoms with Crippen molar-refractivity contribution in [2.45, 2.75) is 25.3 Å². The number of nitrogens with zero attached hydrogens (tertiary/aromatic N) is 1. The molecule has 108 valence electrons. The van der Waals surface area contributed by atoms with Gasteiger partial charge in [0.15, 0.2) is 0 Å². The molecule has 3 heteroatoms. The maximum absolute atomic E-state index is 5.84. The summed E-state index contributed by atoms with van der Waals surface area (Å²) in [6.07, 6.45) is 0. The van der Waals surface area contributed by atoms with Crippen molar-refractivity contribution < 1.29 is 4.74 Å². The van der Waals surface area contributed by atoms with E-state index in [0.717, 1.165) is 30.7 Å². The van der Waals surface area contributed by atoms with Crippen LogP contribution >= 0.6 is 0 Å². The molecular weight excluding hydrogens is 248 g/mol. The molecule has 3 aliphatic rings. The lowest BCUT2D eigenvalue weighted by Crippen LogP contribution is -2.46. The number of ether oxygens (including phenoxy) is 1. The van der Waals surface area contributed by atoms with Gasteiger partial charge in [0.25, 0.3) is 0 Å². The fourth-order valence-electron chi connectivity index (χ4n) is 4.46. The Balaban J connectivity index is 1.53. The van der Waals surface area contributed by atoms with Crippen LogP contribution in [0.1, 0.15) is 25.3 Å². The second kappa shape index (κ2) is 4.47. The second-order valence-corrected chi connectivity index (χ2v) is 7.13. The second-order valence-electron chi connectivity index (χ2n) is 7.13. The van der Waals surface area contributed by atoms with Crippen molar-refractivity contribution in [1.82, 2.24) is 10.2 Å². The van der Waals surface area contributed by atoms with Crippen molar-refractivity contribution in [3.05, 3.63) is 29.8 Å². The molecule has 0 radical (unpaired) electrons. The van der Waals surface area contributed by atoms with Gasteiger partial charge in [-0.15, -0.1) is 0 Å². The number of hydrogen-bond donors (Lipinski definition) is 1. The lowest BCUT2D eigenvalue weighted by molar-refractivity contribution is 0.126. The zero-order valence-corrected chi connectivity index (χ0v) is 12.4. The van der Waals surface area contributed by atoms with Gasteiger partial charge >= 0.3 is 0 Å². The summed E-state index contributed by atoms with van der Waals surface area (Å²) in [4.78, 5) is 2.71. The van der Waals surface area contributed by atoms with E-state index >= 15 is 0 Å². The van der Waals surface area contributed by atoms with Gasteiger partial charge in [-0.1, -0.05) is 18.2 Å². The topological polar surface area (TPSA) is 24.5 Å². The lowest BCUT2D eigenvalue weighted by Gasteiger charge is -2.37. The minimum Gasteiger partial charge on any atom is -0.493 e. The van der Waals surface area contributed by atoms with Gasteiger partial charge in [-0.05, 0) is 38.3 Å². The average Bonchev–Trinajstić information content (AvgIpc) is 3.10. The maximum Gasteiger partial charge on any atom is 0.122 e. The SMILES string of the molecule is CC1(C)C2CNCC2CN1CC1COc2ccccc21. The van der Waals surface area contributed by atoms with E-state index in [-0.39, 0.29) is 0 Å². The van der Waals surface area contributed by atoms with Crippen LogP contribution in [0.5, 0.6) is 5.75 Å². The highest BCUT2D eigenvalue weighted by atomic mass is 16.5. The van der Waals surface area contributed by atoms with Gasteiger partial charge in [-0.2, -0.15) is 0 Å². The van der Waals surface area contributed by atoms with E-state index in [1.165, 1.54) is 25.2 Å². The van der Waals surface area contributed by atoms with Gasteiger partial charge < -0.3 is 10.1 Å². The first-order valence-corrected chi connectivity index (χ1v) is 7.84. The lowest BCUT2D eigenvalue weighted by atomic mass is 9.84. The van der Waals surface area contributed by atoms with Crippen LogP contribution in [0.4, 0.5) is 0 Å². The van der Waals surface area contributed by atoms with Crippen LogP contribution in [-0.4, -0.2) is 43.2 Å². The minimum absolute atomic E-state index is 0.311. The molecule has 1 N–H and O–H groups in total. The van der Waals surface area contributed by atoms with E-state index < -0.39 is 0 Å². The highest BCUT2D eigenvalue weighted by molar-refractivity contribution is 5.39. The van der Waals surface area contributed by atoms with Gasteiger partial charge in [0, 0.05) is 36.7 Å². The molecule has 2 fully saturated rings. The Morgan fingerprint density at radius 1 is 1.30 bits per heavy atom. The first-order chi connectivity index (χ1) is 9.66. The summed E-state index contributed by atoms with van der Waals surface area (Å²) in [7, 11) is 0. The van der Waals surface area contributed by atoms with Gasteiger partial charge in [-0.3, -0.25) is 4.90 Å². The number of para-hydroxylation sites is 1. The molecular formula is C17H24N2O. The van der Waals surface area contributed by atoms with E-state index in [2.05, 4.69) is 48.3 Å². The number of hydrogen-bond acceptors (Lipinski definition) is 3. The van der Waals surface area contributed by atoms with Crippen molar-refractivity contribution in [2.75, 3.05) is 32.8 Å². The molecule has 3 atom stereocenters. The van der Waals surface area contributed by atoms with Crippen molar-refractivity contribution in [3.8, 4) is 5.75 Å². The Morgan fingerprint density at radius 3 is 3.00 bits per heavy atom. The molecule has 0 aromatic heterocycles. The van der Waals surface area contributed by atoms with Crippen LogP contribution in [0, 0.1) is 11.8 Å². The minimum atomic E-state index is 0.311. The first kappa shape index (κ1) is 12.7. The highest BCUT2D eigenvalue weighted by Gasteiger charge is 2.50. The fraction of sp³-hybridized carbons (Fsp3) is 0.647. The molecule has 2 saturated heterocycles. The molecule has 20 heavy (non-hydrogen) atoms. The summed E-state index contributed by atoms with van der Waals surface area (Å²) in [5.74, 6) is 3.27. The molecule has 0 aliphatic carbocycles. The molecule has 1 aromatic carbocycles. The van der Waals surface area contributed by atoms with Crippen LogP contribution in [0.2, 0.25) is 0 Å². The molecule has 0 amide bonds. The van der Waals surface area contributed by atoms with E-state index in [1.54, 1.807) is 0 Å².